The molecule has 2 heterocycles. The van der Waals surface area contributed by atoms with Crippen molar-refractivity contribution in [2.75, 3.05) is 32.7 Å². The van der Waals surface area contributed by atoms with Gasteiger partial charge in [0.25, 0.3) is 10.2 Å². The summed E-state index contributed by atoms with van der Waals surface area (Å²) < 4.78 is 35.1. The first kappa shape index (κ1) is 17.1. The number of rotatable bonds is 5. The van der Waals surface area contributed by atoms with Gasteiger partial charge in [-0.2, -0.15) is 17.0 Å². The quantitative estimate of drug-likeness (QED) is 0.814. The van der Waals surface area contributed by atoms with E-state index in [4.69, 9.17) is 4.74 Å². The summed E-state index contributed by atoms with van der Waals surface area (Å²) in [4.78, 5) is 0. The van der Waals surface area contributed by atoms with Crippen LogP contribution in [0.2, 0.25) is 0 Å². The monoisotopic (exact) mass is 319 g/mol. The van der Waals surface area contributed by atoms with Crippen LogP contribution >= 0.6 is 0 Å². The van der Waals surface area contributed by atoms with Gasteiger partial charge in [-0.05, 0) is 46.2 Å². The standard InChI is InChI=1S/C14H29N3O3S/c1-4-9-17(14-5-7-15-8-6-14)21(18,19)16-10-12(2)20-13(3)11-16/h12-15H,4-11H2,1-3H3. The van der Waals surface area contributed by atoms with Gasteiger partial charge in [0.2, 0.25) is 0 Å². The second-order valence-electron chi connectivity index (χ2n) is 6.17. The minimum atomic E-state index is -3.39. The third-order valence-corrected chi connectivity index (χ3v) is 6.19. The van der Waals surface area contributed by atoms with Gasteiger partial charge in [-0.3, -0.25) is 0 Å². The highest BCUT2D eigenvalue weighted by Gasteiger charge is 2.38. The Balaban J connectivity index is 2.16. The van der Waals surface area contributed by atoms with Crippen LogP contribution in [0.5, 0.6) is 0 Å². The van der Waals surface area contributed by atoms with Crippen molar-refractivity contribution in [2.45, 2.75) is 58.3 Å². The molecule has 2 fully saturated rings. The number of nitrogens with zero attached hydrogens (tertiary/aromatic N) is 2. The van der Waals surface area contributed by atoms with Gasteiger partial charge in [-0.1, -0.05) is 6.92 Å². The fraction of sp³-hybridized carbons (Fsp3) is 1.00. The van der Waals surface area contributed by atoms with Crippen molar-refractivity contribution in [2.24, 2.45) is 0 Å². The number of morpholine rings is 1. The average Bonchev–Trinajstić information content (AvgIpc) is 2.44. The molecular formula is C14H29N3O3S. The molecule has 0 saturated carbocycles. The SMILES string of the molecule is CCCN(C1CCNCC1)S(=O)(=O)N1CC(C)OC(C)C1. The van der Waals surface area contributed by atoms with Gasteiger partial charge in [0.15, 0.2) is 0 Å². The molecule has 0 aromatic heterocycles. The molecule has 0 spiro atoms. The second-order valence-corrected chi connectivity index (χ2v) is 8.06. The Morgan fingerprint density at radius 1 is 1.19 bits per heavy atom. The molecule has 1 N–H and O–H groups in total. The molecule has 6 nitrogen and oxygen atoms in total. The van der Waals surface area contributed by atoms with Crippen LogP contribution < -0.4 is 5.32 Å². The number of hydrogen-bond acceptors (Lipinski definition) is 4. The van der Waals surface area contributed by atoms with E-state index >= 15 is 0 Å². The zero-order chi connectivity index (χ0) is 15.5. The van der Waals surface area contributed by atoms with Crippen LogP contribution in [0.15, 0.2) is 0 Å². The van der Waals surface area contributed by atoms with Gasteiger partial charge in [-0.15, -0.1) is 0 Å². The summed E-state index contributed by atoms with van der Waals surface area (Å²) >= 11 is 0. The van der Waals surface area contributed by atoms with Gasteiger partial charge in [0.05, 0.1) is 12.2 Å². The van der Waals surface area contributed by atoms with Gasteiger partial charge >= 0.3 is 0 Å². The molecular weight excluding hydrogens is 290 g/mol. The number of ether oxygens (including phenoxy) is 1. The predicted octanol–water partition coefficient (Wildman–Crippen LogP) is 0.804. The Morgan fingerprint density at radius 3 is 2.29 bits per heavy atom. The average molecular weight is 319 g/mol. The molecule has 0 aromatic rings. The maximum absolute atomic E-state index is 13.0. The van der Waals surface area contributed by atoms with E-state index in [1.165, 1.54) is 0 Å². The predicted molar refractivity (Wildman–Crippen MR) is 83.4 cm³/mol. The molecule has 2 saturated heterocycles. The van der Waals surface area contributed by atoms with E-state index in [1.807, 2.05) is 20.8 Å². The van der Waals surface area contributed by atoms with E-state index < -0.39 is 10.2 Å². The van der Waals surface area contributed by atoms with E-state index in [0.717, 1.165) is 32.4 Å². The Kier molecular flexibility index (Phi) is 6.02. The van der Waals surface area contributed by atoms with E-state index in [-0.39, 0.29) is 18.2 Å². The Bertz CT molecular complexity index is 413. The third kappa shape index (κ3) is 4.16. The van der Waals surface area contributed by atoms with Gasteiger partial charge in [0, 0.05) is 25.7 Å². The Morgan fingerprint density at radius 2 is 1.76 bits per heavy atom. The van der Waals surface area contributed by atoms with Crippen molar-refractivity contribution >= 4 is 10.2 Å². The Labute approximate surface area is 129 Å². The molecule has 7 heteroatoms. The summed E-state index contributed by atoms with van der Waals surface area (Å²) in [6.07, 6.45) is 2.56. The van der Waals surface area contributed by atoms with Crippen LogP contribution in [0, 0.1) is 0 Å². The third-order valence-electron chi connectivity index (χ3n) is 4.17. The molecule has 0 bridgehead atoms. The second kappa shape index (κ2) is 7.37. The summed E-state index contributed by atoms with van der Waals surface area (Å²) in [5.74, 6) is 0. The van der Waals surface area contributed by atoms with E-state index in [1.54, 1.807) is 8.61 Å². The van der Waals surface area contributed by atoms with Crippen LogP contribution in [-0.4, -0.2) is 68.0 Å². The molecule has 124 valence electrons. The fourth-order valence-corrected chi connectivity index (χ4v) is 5.36. The van der Waals surface area contributed by atoms with Gasteiger partial charge < -0.3 is 10.1 Å². The lowest BCUT2D eigenvalue weighted by atomic mass is 10.1. The number of piperidine rings is 1. The van der Waals surface area contributed by atoms with Crippen molar-refractivity contribution in [3.63, 3.8) is 0 Å². The van der Waals surface area contributed by atoms with Crippen molar-refractivity contribution in [1.29, 1.82) is 0 Å². The molecule has 0 radical (unpaired) electrons. The van der Waals surface area contributed by atoms with Gasteiger partial charge in [-0.25, -0.2) is 0 Å². The minimum absolute atomic E-state index is 0.0416. The van der Waals surface area contributed by atoms with Crippen molar-refractivity contribution in [3.8, 4) is 0 Å². The maximum Gasteiger partial charge on any atom is 0.282 e. The molecule has 2 aliphatic rings. The topological polar surface area (TPSA) is 61.9 Å². The van der Waals surface area contributed by atoms with Crippen LogP contribution in [0.1, 0.15) is 40.0 Å². The normalized spacial score (nSPS) is 29.9. The Hall–Kier alpha value is -0.210. The first-order valence-corrected chi connectivity index (χ1v) is 9.48. The highest BCUT2D eigenvalue weighted by molar-refractivity contribution is 7.86. The zero-order valence-corrected chi connectivity index (χ0v) is 14.2. The zero-order valence-electron chi connectivity index (χ0n) is 13.4. The smallest absolute Gasteiger partial charge is 0.282 e. The minimum Gasteiger partial charge on any atom is -0.373 e. The van der Waals surface area contributed by atoms with Crippen molar-refractivity contribution < 1.29 is 13.2 Å². The van der Waals surface area contributed by atoms with Crippen molar-refractivity contribution in [3.05, 3.63) is 0 Å². The summed E-state index contributed by atoms with van der Waals surface area (Å²) in [7, 11) is -3.39. The summed E-state index contributed by atoms with van der Waals surface area (Å²) in [5.41, 5.74) is 0. The first-order chi connectivity index (χ1) is 9.95. The lowest BCUT2D eigenvalue weighted by molar-refractivity contribution is -0.0458. The highest BCUT2D eigenvalue weighted by atomic mass is 32.2. The lowest BCUT2D eigenvalue weighted by Gasteiger charge is -2.40. The summed E-state index contributed by atoms with van der Waals surface area (Å²) in [6.45, 7) is 9.23. The molecule has 21 heavy (non-hydrogen) atoms. The van der Waals surface area contributed by atoms with Crippen molar-refractivity contribution in [1.82, 2.24) is 13.9 Å². The van der Waals surface area contributed by atoms with Crippen LogP contribution in [0.4, 0.5) is 0 Å². The van der Waals surface area contributed by atoms with Gasteiger partial charge in [0.1, 0.15) is 0 Å². The summed E-state index contributed by atoms with van der Waals surface area (Å²) in [5, 5.41) is 3.30. The number of hydrogen-bond donors (Lipinski definition) is 1. The fourth-order valence-electron chi connectivity index (χ4n) is 3.27. The molecule has 2 unspecified atom stereocenters. The molecule has 2 atom stereocenters. The molecule has 0 aromatic carbocycles. The molecule has 2 aliphatic heterocycles. The molecule has 0 amide bonds. The maximum atomic E-state index is 13.0. The largest absolute Gasteiger partial charge is 0.373 e. The lowest BCUT2D eigenvalue weighted by Crippen LogP contribution is -2.56. The first-order valence-electron chi connectivity index (χ1n) is 8.08. The summed E-state index contributed by atoms with van der Waals surface area (Å²) in [6, 6.07) is 0.129. The van der Waals surface area contributed by atoms with E-state index in [2.05, 4.69) is 5.32 Å². The van der Waals surface area contributed by atoms with Crippen LogP contribution in [-0.2, 0) is 14.9 Å². The van der Waals surface area contributed by atoms with Crippen LogP contribution in [0.25, 0.3) is 0 Å². The molecule has 2 rings (SSSR count). The van der Waals surface area contributed by atoms with Crippen LogP contribution in [0.3, 0.4) is 0 Å². The number of nitrogens with one attached hydrogen (secondary N) is 1. The van der Waals surface area contributed by atoms with E-state index in [0.29, 0.717) is 19.6 Å². The molecule has 0 aliphatic carbocycles. The highest BCUT2D eigenvalue weighted by Crippen LogP contribution is 2.23. The van der Waals surface area contributed by atoms with E-state index in [9.17, 15) is 8.42 Å².